The highest BCUT2D eigenvalue weighted by atomic mass is 16.3. The highest BCUT2D eigenvalue weighted by Gasteiger charge is 2.14. The molecule has 0 fully saturated rings. The Morgan fingerprint density at radius 3 is 2.35 bits per heavy atom. The minimum Gasteiger partial charge on any atom is -0.398 e. The van der Waals surface area contributed by atoms with Gasteiger partial charge < -0.3 is 4.42 Å². The third-order valence-corrected chi connectivity index (χ3v) is 3.21. The molecule has 0 aliphatic carbocycles. The molecule has 0 spiro atoms. The van der Waals surface area contributed by atoms with Crippen LogP contribution in [0.1, 0.15) is 11.5 Å². The average molecular weight is 262 g/mol. The van der Waals surface area contributed by atoms with Crippen LogP contribution in [-0.4, -0.2) is 0 Å². The van der Waals surface area contributed by atoms with Gasteiger partial charge in [0, 0.05) is 6.07 Å². The number of hydrogen-bond donors (Lipinski definition) is 0. The van der Waals surface area contributed by atoms with Crippen molar-refractivity contribution in [3.8, 4) is 0 Å². The predicted molar refractivity (Wildman–Crippen MR) is 81.9 cm³/mol. The van der Waals surface area contributed by atoms with E-state index in [0.29, 0.717) is 0 Å². The average Bonchev–Trinajstić information content (AvgIpc) is 2.82. The Bertz CT molecular complexity index is 766. The van der Waals surface area contributed by atoms with Gasteiger partial charge in [0.05, 0.1) is 6.08 Å². The van der Waals surface area contributed by atoms with E-state index in [4.69, 9.17) is 4.42 Å². The third-order valence-electron chi connectivity index (χ3n) is 3.21. The van der Waals surface area contributed by atoms with E-state index in [0.717, 1.165) is 17.0 Å². The molecule has 2 heteroatoms. The first-order chi connectivity index (χ1) is 9.84. The smallest absolute Gasteiger partial charge is 0.373 e. The van der Waals surface area contributed by atoms with Crippen molar-refractivity contribution in [1.29, 1.82) is 0 Å². The van der Waals surface area contributed by atoms with E-state index in [2.05, 4.69) is 24.3 Å². The highest BCUT2D eigenvalue weighted by Crippen LogP contribution is 2.13. The Labute approximate surface area is 118 Å². The quantitative estimate of drug-likeness (QED) is 0.515. The van der Waals surface area contributed by atoms with Crippen LogP contribution < -0.4 is 4.57 Å². The summed E-state index contributed by atoms with van der Waals surface area (Å²) >= 11 is 0. The molecule has 0 atom stereocenters. The zero-order valence-electron chi connectivity index (χ0n) is 11.4. The summed E-state index contributed by atoms with van der Waals surface area (Å²) in [7, 11) is 2.01. The summed E-state index contributed by atoms with van der Waals surface area (Å²) in [6, 6.07) is 18.3. The standard InChI is InChI=1S/C18H16NO/c1-19-16-12-6-7-13-17(16)20-18(19)14-8-5-11-15-9-3-2-4-10-15/h2-14H,1H3/q+1/b11-5-,14-8-. The summed E-state index contributed by atoms with van der Waals surface area (Å²) in [4.78, 5) is 0. The number of allylic oxidation sites excluding steroid dienone is 2. The molecule has 0 aliphatic rings. The molecule has 0 bridgehead atoms. The predicted octanol–water partition coefficient (Wildman–Crippen LogP) is 3.98. The van der Waals surface area contributed by atoms with Crippen molar-refractivity contribution >= 4 is 23.3 Å². The molecule has 1 aromatic heterocycles. The van der Waals surface area contributed by atoms with Gasteiger partial charge in [0.1, 0.15) is 7.05 Å². The number of oxazole rings is 1. The maximum atomic E-state index is 5.79. The van der Waals surface area contributed by atoms with E-state index in [1.165, 1.54) is 5.56 Å². The van der Waals surface area contributed by atoms with Crippen molar-refractivity contribution in [2.45, 2.75) is 0 Å². The van der Waals surface area contributed by atoms with Crippen molar-refractivity contribution in [3.63, 3.8) is 0 Å². The first-order valence-electron chi connectivity index (χ1n) is 6.62. The van der Waals surface area contributed by atoms with E-state index in [1.54, 1.807) is 0 Å². The summed E-state index contributed by atoms with van der Waals surface area (Å²) in [6.07, 6.45) is 8.05. The van der Waals surface area contributed by atoms with Crippen LogP contribution in [0.3, 0.4) is 0 Å². The van der Waals surface area contributed by atoms with Gasteiger partial charge in [-0.1, -0.05) is 60.7 Å². The molecule has 3 rings (SSSR count). The Hall–Kier alpha value is -2.61. The Morgan fingerprint density at radius 2 is 1.55 bits per heavy atom. The van der Waals surface area contributed by atoms with Gasteiger partial charge in [-0.25, -0.2) is 0 Å². The van der Waals surface area contributed by atoms with E-state index in [9.17, 15) is 0 Å². The number of aryl methyl sites for hydroxylation is 1. The van der Waals surface area contributed by atoms with Crippen molar-refractivity contribution in [1.82, 2.24) is 0 Å². The van der Waals surface area contributed by atoms with Crippen molar-refractivity contribution in [2.75, 3.05) is 0 Å². The lowest BCUT2D eigenvalue weighted by atomic mass is 10.2. The number of para-hydroxylation sites is 2. The summed E-state index contributed by atoms with van der Waals surface area (Å²) < 4.78 is 7.84. The maximum Gasteiger partial charge on any atom is 0.373 e. The number of fused-ring (bicyclic) bond motifs is 1. The summed E-state index contributed by atoms with van der Waals surface area (Å²) in [5, 5.41) is 0. The molecule has 0 aliphatic heterocycles. The molecule has 3 aromatic rings. The molecule has 0 saturated heterocycles. The fourth-order valence-corrected chi connectivity index (χ4v) is 2.13. The van der Waals surface area contributed by atoms with E-state index < -0.39 is 0 Å². The maximum absolute atomic E-state index is 5.79. The summed E-state index contributed by atoms with van der Waals surface area (Å²) in [5.74, 6) is 0.837. The molecule has 0 saturated carbocycles. The zero-order valence-corrected chi connectivity index (χ0v) is 11.4. The molecule has 0 radical (unpaired) electrons. The van der Waals surface area contributed by atoms with Gasteiger partial charge in [0.2, 0.25) is 5.58 Å². The van der Waals surface area contributed by atoms with Crippen LogP contribution in [-0.2, 0) is 7.05 Å². The highest BCUT2D eigenvalue weighted by molar-refractivity contribution is 5.69. The molecule has 0 unspecified atom stereocenters. The Kier molecular flexibility index (Phi) is 3.46. The van der Waals surface area contributed by atoms with Gasteiger partial charge in [0.25, 0.3) is 5.52 Å². The largest absolute Gasteiger partial charge is 0.398 e. The molecule has 0 N–H and O–H groups in total. The third kappa shape index (κ3) is 2.54. The lowest BCUT2D eigenvalue weighted by Crippen LogP contribution is -2.29. The SMILES string of the molecule is C[n+]1c(/C=C\C=C/c2ccccc2)oc2ccccc21. The second-order valence-corrected chi connectivity index (χ2v) is 4.60. The van der Waals surface area contributed by atoms with Crippen LogP contribution in [0.4, 0.5) is 0 Å². The van der Waals surface area contributed by atoms with Crippen molar-refractivity contribution in [3.05, 3.63) is 78.2 Å². The molecule has 20 heavy (non-hydrogen) atoms. The minimum absolute atomic E-state index is 0.837. The fraction of sp³-hybridized carbons (Fsp3) is 0.0556. The monoisotopic (exact) mass is 262 g/mol. The molecular formula is C18H16NO+. The number of benzene rings is 2. The molecule has 1 heterocycles. The Morgan fingerprint density at radius 1 is 0.850 bits per heavy atom. The van der Waals surface area contributed by atoms with Gasteiger partial charge >= 0.3 is 5.89 Å². The van der Waals surface area contributed by atoms with E-state index in [1.807, 2.05) is 66.2 Å². The second-order valence-electron chi connectivity index (χ2n) is 4.60. The van der Waals surface area contributed by atoms with Gasteiger partial charge in [0.15, 0.2) is 0 Å². The van der Waals surface area contributed by atoms with Crippen LogP contribution in [0.2, 0.25) is 0 Å². The summed E-state index contributed by atoms with van der Waals surface area (Å²) in [5.41, 5.74) is 3.19. The molecule has 2 nitrogen and oxygen atoms in total. The second kappa shape index (κ2) is 5.57. The lowest BCUT2D eigenvalue weighted by molar-refractivity contribution is -0.652. The van der Waals surface area contributed by atoms with Crippen LogP contribution >= 0.6 is 0 Å². The van der Waals surface area contributed by atoms with E-state index in [-0.39, 0.29) is 0 Å². The number of nitrogens with zero attached hydrogens (tertiary/aromatic N) is 1. The normalized spacial score (nSPS) is 11.8. The minimum atomic E-state index is 0.837. The van der Waals surface area contributed by atoms with E-state index >= 15 is 0 Å². The van der Waals surface area contributed by atoms with Gasteiger partial charge in [-0.15, -0.1) is 0 Å². The van der Waals surface area contributed by atoms with Gasteiger partial charge in [-0.05, 0) is 11.6 Å². The number of aromatic nitrogens is 1. The van der Waals surface area contributed by atoms with Crippen LogP contribution in [0.25, 0.3) is 23.3 Å². The molecular weight excluding hydrogens is 246 g/mol. The first-order valence-corrected chi connectivity index (χ1v) is 6.62. The molecule has 2 aromatic carbocycles. The zero-order chi connectivity index (χ0) is 13.8. The molecule has 0 amide bonds. The first kappa shape index (κ1) is 12.4. The Balaban J connectivity index is 1.81. The van der Waals surface area contributed by atoms with Crippen molar-refractivity contribution < 1.29 is 8.98 Å². The molecule has 98 valence electrons. The lowest BCUT2D eigenvalue weighted by Gasteiger charge is -1.88. The van der Waals surface area contributed by atoms with Gasteiger partial charge in [-0.3, -0.25) is 0 Å². The topological polar surface area (TPSA) is 17.0 Å². The van der Waals surface area contributed by atoms with Crippen LogP contribution in [0.15, 0.2) is 71.2 Å². The van der Waals surface area contributed by atoms with Gasteiger partial charge in [-0.2, -0.15) is 4.57 Å². The van der Waals surface area contributed by atoms with Crippen LogP contribution in [0.5, 0.6) is 0 Å². The van der Waals surface area contributed by atoms with Crippen molar-refractivity contribution in [2.24, 2.45) is 7.05 Å². The number of rotatable bonds is 3. The van der Waals surface area contributed by atoms with Crippen LogP contribution in [0, 0.1) is 0 Å². The number of hydrogen-bond acceptors (Lipinski definition) is 1. The fourth-order valence-electron chi connectivity index (χ4n) is 2.13. The summed E-state index contributed by atoms with van der Waals surface area (Å²) in [6.45, 7) is 0.